The number of hydrogen-bond donors (Lipinski definition) is 1. The third-order valence-electron chi connectivity index (χ3n) is 3.36. The molecule has 1 aliphatic rings. The van der Waals surface area contributed by atoms with Crippen molar-refractivity contribution in [1.29, 1.82) is 0 Å². The molecule has 3 heteroatoms. The number of hydrogen-bond acceptors (Lipinski definition) is 3. The van der Waals surface area contributed by atoms with Crippen LogP contribution in [0.25, 0.3) is 0 Å². The van der Waals surface area contributed by atoms with Gasteiger partial charge in [0.15, 0.2) is 0 Å². The lowest BCUT2D eigenvalue weighted by Gasteiger charge is -2.28. The molecule has 0 aromatic carbocycles. The summed E-state index contributed by atoms with van der Waals surface area (Å²) in [5.41, 5.74) is 0. The average molecular weight is 242 g/mol. The molecule has 1 saturated carbocycles. The maximum absolute atomic E-state index is 5.62. The van der Waals surface area contributed by atoms with Crippen LogP contribution in [0.1, 0.15) is 46.5 Å². The molecule has 1 rings (SSSR count). The summed E-state index contributed by atoms with van der Waals surface area (Å²) in [6, 6.07) is 1.48. The van der Waals surface area contributed by atoms with E-state index in [4.69, 9.17) is 4.74 Å². The molecule has 1 unspecified atom stereocenters. The molecule has 0 amide bonds. The van der Waals surface area contributed by atoms with E-state index in [0.717, 1.165) is 25.7 Å². The van der Waals surface area contributed by atoms with E-state index in [2.05, 4.69) is 38.0 Å². The van der Waals surface area contributed by atoms with Gasteiger partial charge >= 0.3 is 0 Å². The van der Waals surface area contributed by atoms with Crippen molar-refractivity contribution in [3.8, 4) is 0 Å². The van der Waals surface area contributed by atoms with Gasteiger partial charge in [0.05, 0.1) is 12.7 Å². The summed E-state index contributed by atoms with van der Waals surface area (Å²) < 4.78 is 5.62. The van der Waals surface area contributed by atoms with Crippen molar-refractivity contribution < 1.29 is 4.74 Å². The Bertz CT molecular complexity index is 193. The third-order valence-corrected chi connectivity index (χ3v) is 3.36. The van der Waals surface area contributed by atoms with Gasteiger partial charge in [-0.2, -0.15) is 0 Å². The summed E-state index contributed by atoms with van der Waals surface area (Å²) >= 11 is 0. The smallest absolute Gasteiger partial charge is 0.0596 e. The van der Waals surface area contributed by atoms with Crippen LogP contribution >= 0.6 is 0 Å². The third kappa shape index (κ3) is 7.02. The molecule has 1 aliphatic carbocycles. The Kier molecular flexibility index (Phi) is 7.09. The summed E-state index contributed by atoms with van der Waals surface area (Å²) in [4.78, 5) is 2.45. The largest absolute Gasteiger partial charge is 0.377 e. The monoisotopic (exact) mass is 242 g/mol. The lowest BCUT2D eigenvalue weighted by molar-refractivity contribution is 0.0547. The topological polar surface area (TPSA) is 24.5 Å². The fraction of sp³-hybridized carbons (Fsp3) is 1.00. The highest BCUT2D eigenvalue weighted by Gasteiger charge is 2.22. The summed E-state index contributed by atoms with van der Waals surface area (Å²) in [6.07, 6.45) is 5.63. The second-order valence-corrected chi connectivity index (χ2v) is 5.53. The van der Waals surface area contributed by atoms with E-state index in [1.54, 1.807) is 0 Å². The van der Waals surface area contributed by atoms with Gasteiger partial charge in [-0.15, -0.1) is 0 Å². The SMILES string of the molecule is CCCC(CNC1CC1)N(C)CCOC(C)C. The average Bonchev–Trinajstić information content (AvgIpc) is 3.07. The summed E-state index contributed by atoms with van der Waals surface area (Å²) in [6.45, 7) is 9.47. The van der Waals surface area contributed by atoms with Gasteiger partial charge in [0, 0.05) is 25.2 Å². The van der Waals surface area contributed by atoms with Gasteiger partial charge in [0.1, 0.15) is 0 Å². The van der Waals surface area contributed by atoms with E-state index in [1.165, 1.54) is 25.7 Å². The molecule has 0 bridgehead atoms. The second-order valence-electron chi connectivity index (χ2n) is 5.53. The minimum atomic E-state index is 0.345. The molecule has 0 aromatic rings. The predicted octanol–water partition coefficient (Wildman–Crippen LogP) is 2.26. The van der Waals surface area contributed by atoms with Crippen LogP contribution in [0.15, 0.2) is 0 Å². The van der Waals surface area contributed by atoms with Gasteiger partial charge in [0.2, 0.25) is 0 Å². The Morgan fingerprint density at radius 3 is 2.59 bits per heavy atom. The van der Waals surface area contributed by atoms with E-state index >= 15 is 0 Å². The number of likely N-dealkylation sites (N-methyl/N-ethyl adjacent to an activating group) is 1. The van der Waals surface area contributed by atoms with Crippen molar-refractivity contribution in [2.75, 3.05) is 26.7 Å². The van der Waals surface area contributed by atoms with Crippen molar-refractivity contribution in [2.24, 2.45) is 0 Å². The fourth-order valence-electron chi connectivity index (χ4n) is 2.02. The Morgan fingerprint density at radius 2 is 2.06 bits per heavy atom. The zero-order valence-corrected chi connectivity index (χ0v) is 12.0. The molecule has 102 valence electrons. The van der Waals surface area contributed by atoms with Crippen molar-refractivity contribution in [1.82, 2.24) is 10.2 Å². The van der Waals surface area contributed by atoms with Crippen LogP contribution in [-0.2, 0) is 4.74 Å². The fourth-order valence-corrected chi connectivity index (χ4v) is 2.02. The summed E-state index contributed by atoms with van der Waals surface area (Å²) in [5.74, 6) is 0. The van der Waals surface area contributed by atoms with E-state index in [0.29, 0.717) is 12.1 Å². The molecule has 1 atom stereocenters. The van der Waals surface area contributed by atoms with E-state index < -0.39 is 0 Å². The van der Waals surface area contributed by atoms with Crippen LogP contribution in [-0.4, -0.2) is 49.8 Å². The Labute approximate surface area is 107 Å². The minimum absolute atomic E-state index is 0.345. The lowest BCUT2D eigenvalue weighted by Crippen LogP contribution is -2.42. The highest BCUT2D eigenvalue weighted by molar-refractivity contribution is 4.83. The molecular formula is C14H30N2O. The predicted molar refractivity (Wildman–Crippen MR) is 73.4 cm³/mol. The van der Waals surface area contributed by atoms with Crippen LogP contribution in [0, 0.1) is 0 Å². The standard InChI is InChI=1S/C14H30N2O/c1-5-6-14(11-15-13-7-8-13)16(4)9-10-17-12(2)3/h12-15H,5-11H2,1-4H3. The van der Waals surface area contributed by atoms with Crippen LogP contribution in [0.3, 0.4) is 0 Å². The zero-order valence-electron chi connectivity index (χ0n) is 12.0. The van der Waals surface area contributed by atoms with E-state index in [1.807, 2.05) is 0 Å². The Balaban J connectivity index is 2.17. The number of nitrogens with one attached hydrogen (secondary N) is 1. The van der Waals surface area contributed by atoms with E-state index in [-0.39, 0.29) is 0 Å². The number of rotatable bonds is 10. The summed E-state index contributed by atoms with van der Waals surface area (Å²) in [5, 5.41) is 3.64. The maximum Gasteiger partial charge on any atom is 0.0596 e. The van der Waals surface area contributed by atoms with Gasteiger partial charge in [-0.1, -0.05) is 13.3 Å². The number of ether oxygens (including phenoxy) is 1. The molecule has 1 N–H and O–H groups in total. The summed E-state index contributed by atoms with van der Waals surface area (Å²) in [7, 11) is 2.22. The highest BCUT2D eigenvalue weighted by Crippen LogP contribution is 2.19. The molecule has 3 nitrogen and oxygen atoms in total. The van der Waals surface area contributed by atoms with Crippen molar-refractivity contribution in [3.05, 3.63) is 0 Å². The number of nitrogens with zero attached hydrogens (tertiary/aromatic N) is 1. The second kappa shape index (κ2) is 8.06. The van der Waals surface area contributed by atoms with E-state index in [9.17, 15) is 0 Å². The quantitative estimate of drug-likeness (QED) is 0.636. The Hall–Kier alpha value is -0.120. The van der Waals surface area contributed by atoms with Crippen molar-refractivity contribution >= 4 is 0 Å². The Morgan fingerprint density at radius 1 is 1.35 bits per heavy atom. The molecule has 0 saturated heterocycles. The first-order valence-corrected chi connectivity index (χ1v) is 7.18. The van der Waals surface area contributed by atoms with Crippen LogP contribution in [0.2, 0.25) is 0 Å². The molecular weight excluding hydrogens is 212 g/mol. The molecule has 0 aliphatic heterocycles. The molecule has 17 heavy (non-hydrogen) atoms. The first kappa shape index (κ1) is 14.9. The van der Waals surface area contributed by atoms with Crippen molar-refractivity contribution in [3.63, 3.8) is 0 Å². The first-order valence-electron chi connectivity index (χ1n) is 7.18. The molecule has 0 aromatic heterocycles. The highest BCUT2D eigenvalue weighted by atomic mass is 16.5. The van der Waals surface area contributed by atoms with Gasteiger partial charge in [-0.05, 0) is 40.2 Å². The molecule has 0 heterocycles. The molecule has 1 fully saturated rings. The van der Waals surface area contributed by atoms with Crippen LogP contribution in [0.4, 0.5) is 0 Å². The first-order chi connectivity index (χ1) is 8.13. The normalized spacial score (nSPS) is 18.0. The lowest BCUT2D eigenvalue weighted by atomic mass is 10.1. The van der Waals surface area contributed by atoms with Gasteiger partial charge < -0.3 is 10.1 Å². The minimum Gasteiger partial charge on any atom is -0.377 e. The van der Waals surface area contributed by atoms with Gasteiger partial charge in [0.25, 0.3) is 0 Å². The maximum atomic E-state index is 5.62. The van der Waals surface area contributed by atoms with Gasteiger partial charge in [-0.3, -0.25) is 4.90 Å². The molecule has 0 spiro atoms. The van der Waals surface area contributed by atoms with Gasteiger partial charge in [-0.25, -0.2) is 0 Å². The van der Waals surface area contributed by atoms with Crippen LogP contribution in [0.5, 0.6) is 0 Å². The van der Waals surface area contributed by atoms with Crippen LogP contribution < -0.4 is 5.32 Å². The van der Waals surface area contributed by atoms with Crippen molar-refractivity contribution in [2.45, 2.75) is 64.6 Å². The zero-order chi connectivity index (χ0) is 12.7. The molecule has 0 radical (unpaired) electrons.